The minimum atomic E-state index is -3.00. The van der Waals surface area contributed by atoms with Crippen LogP contribution in [-0.2, 0) is 10.0 Å². The van der Waals surface area contributed by atoms with Gasteiger partial charge in [-0.3, -0.25) is 0 Å². The third-order valence-electron chi connectivity index (χ3n) is 2.30. The zero-order chi connectivity index (χ0) is 10.4. The fraction of sp³-hybridized carbons (Fsp3) is 1.00. The summed E-state index contributed by atoms with van der Waals surface area (Å²) < 4.78 is 25.0. The van der Waals surface area contributed by atoms with Crippen molar-refractivity contribution in [1.29, 1.82) is 0 Å². The van der Waals surface area contributed by atoms with Crippen LogP contribution in [0.15, 0.2) is 0 Å². The number of piperazine rings is 1. The maximum Gasteiger partial charge on any atom is 0.214 e. The quantitative estimate of drug-likeness (QED) is 0.574. The summed E-state index contributed by atoms with van der Waals surface area (Å²) in [6.07, 6.45) is 0.683. The Morgan fingerprint density at radius 2 is 2.00 bits per heavy atom. The number of nitrogens with zero attached hydrogens (tertiary/aromatic N) is 1. The van der Waals surface area contributed by atoms with Crippen molar-refractivity contribution in [2.24, 2.45) is 0 Å². The molecule has 0 radical (unpaired) electrons. The molecule has 84 valence electrons. The van der Waals surface area contributed by atoms with E-state index in [1.807, 2.05) is 7.05 Å². The normalized spacial score (nSPS) is 19.8. The van der Waals surface area contributed by atoms with Crippen LogP contribution in [0.4, 0.5) is 0 Å². The third-order valence-corrected chi connectivity index (χ3v) is 4.25. The summed E-state index contributed by atoms with van der Waals surface area (Å²) in [5.41, 5.74) is 0. The molecule has 2 N–H and O–H groups in total. The highest BCUT2D eigenvalue weighted by Crippen LogP contribution is 2.04. The molecule has 5 nitrogen and oxygen atoms in total. The Morgan fingerprint density at radius 1 is 1.36 bits per heavy atom. The van der Waals surface area contributed by atoms with E-state index in [1.165, 1.54) is 0 Å². The van der Waals surface area contributed by atoms with Gasteiger partial charge < -0.3 is 10.6 Å². The first-order valence-electron chi connectivity index (χ1n) is 5.00. The zero-order valence-corrected chi connectivity index (χ0v) is 9.44. The van der Waals surface area contributed by atoms with Crippen molar-refractivity contribution in [3.63, 3.8) is 0 Å². The van der Waals surface area contributed by atoms with Gasteiger partial charge >= 0.3 is 0 Å². The lowest BCUT2D eigenvalue weighted by Crippen LogP contribution is -2.47. The van der Waals surface area contributed by atoms with Crippen LogP contribution in [0.3, 0.4) is 0 Å². The van der Waals surface area contributed by atoms with Crippen molar-refractivity contribution in [3.05, 3.63) is 0 Å². The van der Waals surface area contributed by atoms with Gasteiger partial charge in [0.05, 0.1) is 5.75 Å². The summed E-state index contributed by atoms with van der Waals surface area (Å²) in [5.74, 6) is 0.258. The van der Waals surface area contributed by atoms with Gasteiger partial charge in [-0.15, -0.1) is 0 Å². The van der Waals surface area contributed by atoms with Gasteiger partial charge in [-0.1, -0.05) is 0 Å². The third kappa shape index (κ3) is 3.53. The fourth-order valence-electron chi connectivity index (χ4n) is 1.48. The summed E-state index contributed by atoms with van der Waals surface area (Å²) in [7, 11) is -1.17. The molecule has 6 heteroatoms. The number of hydrogen-bond donors (Lipinski definition) is 2. The summed E-state index contributed by atoms with van der Waals surface area (Å²) >= 11 is 0. The molecule has 0 aliphatic carbocycles. The topological polar surface area (TPSA) is 61.4 Å². The second kappa shape index (κ2) is 5.65. The molecule has 1 fully saturated rings. The molecule has 0 saturated carbocycles. The summed E-state index contributed by atoms with van der Waals surface area (Å²) in [5, 5.41) is 6.08. The second-order valence-corrected chi connectivity index (χ2v) is 5.51. The lowest BCUT2D eigenvalue weighted by molar-refractivity contribution is 0.359. The molecule has 0 bridgehead atoms. The van der Waals surface area contributed by atoms with Crippen LogP contribution in [0.25, 0.3) is 0 Å². The summed E-state index contributed by atoms with van der Waals surface area (Å²) in [6, 6.07) is 0. The summed E-state index contributed by atoms with van der Waals surface area (Å²) in [4.78, 5) is 0. The van der Waals surface area contributed by atoms with Crippen LogP contribution in [0.2, 0.25) is 0 Å². The first-order valence-corrected chi connectivity index (χ1v) is 6.61. The smallest absolute Gasteiger partial charge is 0.214 e. The molecule has 0 unspecified atom stereocenters. The van der Waals surface area contributed by atoms with Crippen LogP contribution in [0.5, 0.6) is 0 Å². The molecule has 0 aromatic carbocycles. The predicted molar refractivity (Wildman–Crippen MR) is 56.8 cm³/mol. The molecule has 0 atom stereocenters. The highest BCUT2D eigenvalue weighted by atomic mass is 32.2. The van der Waals surface area contributed by atoms with E-state index in [0.29, 0.717) is 19.5 Å². The lowest BCUT2D eigenvalue weighted by Gasteiger charge is -2.26. The second-order valence-electron chi connectivity index (χ2n) is 3.42. The molecule has 1 rings (SSSR count). The van der Waals surface area contributed by atoms with Gasteiger partial charge in [-0.05, 0) is 20.0 Å². The van der Waals surface area contributed by atoms with Crippen molar-refractivity contribution in [2.45, 2.75) is 6.42 Å². The minimum absolute atomic E-state index is 0.258. The van der Waals surface area contributed by atoms with Gasteiger partial charge in [-0.25, -0.2) is 8.42 Å². The highest BCUT2D eigenvalue weighted by Gasteiger charge is 2.22. The van der Waals surface area contributed by atoms with E-state index in [9.17, 15) is 8.42 Å². The van der Waals surface area contributed by atoms with E-state index in [1.54, 1.807) is 4.31 Å². The van der Waals surface area contributed by atoms with Crippen LogP contribution in [0.1, 0.15) is 6.42 Å². The van der Waals surface area contributed by atoms with Gasteiger partial charge in [0.25, 0.3) is 0 Å². The molecular formula is C8H19N3O2S. The van der Waals surface area contributed by atoms with Crippen LogP contribution >= 0.6 is 0 Å². The van der Waals surface area contributed by atoms with Crippen molar-refractivity contribution < 1.29 is 8.42 Å². The van der Waals surface area contributed by atoms with Gasteiger partial charge in [0, 0.05) is 26.2 Å². The minimum Gasteiger partial charge on any atom is -0.320 e. The molecule has 0 aromatic heterocycles. The lowest BCUT2D eigenvalue weighted by atomic mass is 10.4. The van der Waals surface area contributed by atoms with E-state index in [4.69, 9.17) is 0 Å². The Labute approximate surface area is 85.9 Å². The monoisotopic (exact) mass is 221 g/mol. The average Bonchev–Trinajstić information content (AvgIpc) is 2.19. The van der Waals surface area contributed by atoms with E-state index >= 15 is 0 Å². The Balaban J connectivity index is 2.38. The molecule has 1 saturated heterocycles. The van der Waals surface area contributed by atoms with E-state index in [0.717, 1.165) is 19.6 Å². The van der Waals surface area contributed by atoms with Crippen molar-refractivity contribution in [1.82, 2.24) is 14.9 Å². The first-order chi connectivity index (χ1) is 6.67. The molecule has 0 spiro atoms. The predicted octanol–water partition coefficient (Wildman–Crippen LogP) is -1.17. The molecule has 14 heavy (non-hydrogen) atoms. The molecule has 1 aliphatic rings. The zero-order valence-electron chi connectivity index (χ0n) is 8.62. The maximum atomic E-state index is 11.7. The Bertz CT molecular complexity index is 247. The maximum absolute atomic E-state index is 11.7. The van der Waals surface area contributed by atoms with E-state index < -0.39 is 10.0 Å². The largest absolute Gasteiger partial charge is 0.320 e. The van der Waals surface area contributed by atoms with Crippen molar-refractivity contribution in [2.75, 3.05) is 45.5 Å². The fourth-order valence-corrected chi connectivity index (χ4v) is 2.99. The molecule has 0 amide bonds. The molecule has 1 aliphatic heterocycles. The van der Waals surface area contributed by atoms with Gasteiger partial charge in [-0.2, -0.15) is 4.31 Å². The Morgan fingerprint density at radius 3 is 2.57 bits per heavy atom. The van der Waals surface area contributed by atoms with Crippen molar-refractivity contribution >= 4 is 10.0 Å². The standard InChI is InChI=1S/C8H19N3O2S/c1-9-3-2-8-14(12,13)11-6-4-10-5-7-11/h9-10H,2-8H2,1H3. The first kappa shape index (κ1) is 11.9. The van der Waals surface area contributed by atoms with Crippen LogP contribution in [0, 0.1) is 0 Å². The molecule has 1 heterocycles. The van der Waals surface area contributed by atoms with Gasteiger partial charge in [0.1, 0.15) is 0 Å². The van der Waals surface area contributed by atoms with Gasteiger partial charge in [0.2, 0.25) is 10.0 Å². The molecule has 0 aromatic rings. The number of hydrogen-bond acceptors (Lipinski definition) is 4. The van der Waals surface area contributed by atoms with E-state index in [-0.39, 0.29) is 5.75 Å². The molecular weight excluding hydrogens is 202 g/mol. The number of rotatable bonds is 5. The Hall–Kier alpha value is -0.170. The van der Waals surface area contributed by atoms with Crippen LogP contribution in [-0.4, -0.2) is 58.2 Å². The van der Waals surface area contributed by atoms with E-state index in [2.05, 4.69) is 10.6 Å². The highest BCUT2D eigenvalue weighted by molar-refractivity contribution is 7.89. The average molecular weight is 221 g/mol. The number of sulfonamides is 1. The number of nitrogens with one attached hydrogen (secondary N) is 2. The summed E-state index contributed by atoms with van der Waals surface area (Å²) in [6.45, 7) is 3.52. The van der Waals surface area contributed by atoms with Crippen LogP contribution < -0.4 is 10.6 Å². The SMILES string of the molecule is CNCCCS(=O)(=O)N1CCNCC1. The van der Waals surface area contributed by atoms with Gasteiger partial charge in [0.15, 0.2) is 0 Å². The van der Waals surface area contributed by atoms with Crippen molar-refractivity contribution in [3.8, 4) is 0 Å². The Kier molecular flexibility index (Phi) is 4.80.